The van der Waals surface area contributed by atoms with Gasteiger partial charge in [-0.3, -0.25) is 0 Å². The zero-order chi connectivity index (χ0) is 14.4. The third-order valence-corrected chi connectivity index (χ3v) is 4.40. The van der Waals surface area contributed by atoms with Crippen LogP contribution in [0.1, 0.15) is 29.7 Å². The molecule has 0 spiro atoms. The van der Waals surface area contributed by atoms with Gasteiger partial charge in [-0.1, -0.05) is 43.3 Å². The summed E-state index contributed by atoms with van der Waals surface area (Å²) in [5, 5.41) is 3.61. The second-order valence-electron chi connectivity index (χ2n) is 5.01. The monoisotopic (exact) mass is 285 g/mol. The van der Waals surface area contributed by atoms with Crippen molar-refractivity contribution in [3.8, 4) is 0 Å². The fourth-order valence-electron chi connectivity index (χ4n) is 2.45. The van der Waals surface area contributed by atoms with Crippen molar-refractivity contribution in [1.29, 1.82) is 0 Å². The van der Waals surface area contributed by atoms with Crippen molar-refractivity contribution in [1.82, 2.24) is 5.32 Å². The smallest absolute Gasteiger partial charge is 0.0360 e. The Bertz CT molecular complexity index is 533. The Morgan fingerprint density at radius 2 is 1.75 bits per heavy atom. The number of benzene rings is 2. The number of hydrogen-bond acceptors (Lipinski definition) is 2. The van der Waals surface area contributed by atoms with E-state index in [1.165, 1.54) is 21.6 Å². The minimum Gasteiger partial charge on any atom is -0.310 e. The number of likely N-dealkylation sites (N-methyl/N-ethyl adjacent to an activating group) is 1. The van der Waals surface area contributed by atoms with Gasteiger partial charge in [0.1, 0.15) is 0 Å². The molecule has 2 heteroatoms. The minimum absolute atomic E-state index is 0.386. The quantitative estimate of drug-likeness (QED) is 0.778. The Hall–Kier alpha value is -1.25. The van der Waals surface area contributed by atoms with Gasteiger partial charge in [0.05, 0.1) is 0 Å². The van der Waals surface area contributed by atoms with Crippen LogP contribution in [0.5, 0.6) is 0 Å². The van der Waals surface area contributed by atoms with Crippen LogP contribution in [0, 0.1) is 6.92 Å². The van der Waals surface area contributed by atoms with Crippen molar-refractivity contribution in [2.75, 3.05) is 12.8 Å². The van der Waals surface area contributed by atoms with Gasteiger partial charge in [0.15, 0.2) is 0 Å². The largest absolute Gasteiger partial charge is 0.310 e. The molecule has 0 amide bonds. The van der Waals surface area contributed by atoms with Crippen molar-refractivity contribution in [2.45, 2.75) is 31.2 Å². The molecular weight excluding hydrogens is 262 g/mol. The number of thioether (sulfide) groups is 1. The first kappa shape index (κ1) is 15.1. The van der Waals surface area contributed by atoms with E-state index in [1.807, 2.05) is 0 Å². The molecule has 0 aliphatic heterocycles. The predicted molar refractivity (Wildman–Crippen MR) is 89.5 cm³/mol. The van der Waals surface area contributed by atoms with Gasteiger partial charge in [-0.05, 0) is 55.0 Å². The van der Waals surface area contributed by atoms with Crippen LogP contribution in [-0.2, 0) is 6.42 Å². The highest BCUT2D eigenvalue weighted by molar-refractivity contribution is 7.98. The summed E-state index contributed by atoms with van der Waals surface area (Å²) in [6.07, 6.45) is 3.16. The van der Waals surface area contributed by atoms with Gasteiger partial charge in [-0.25, -0.2) is 0 Å². The van der Waals surface area contributed by atoms with Crippen LogP contribution in [-0.4, -0.2) is 12.8 Å². The highest BCUT2D eigenvalue weighted by Gasteiger charge is 2.12. The molecule has 2 rings (SSSR count). The van der Waals surface area contributed by atoms with Gasteiger partial charge in [0, 0.05) is 10.9 Å². The Morgan fingerprint density at radius 3 is 2.35 bits per heavy atom. The molecule has 0 aliphatic rings. The van der Waals surface area contributed by atoms with Gasteiger partial charge < -0.3 is 5.32 Å². The molecule has 1 N–H and O–H groups in total. The summed E-state index contributed by atoms with van der Waals surface area (Å²) in [6, 6.07) is 18.0. The van der Waals surface area contributed by atoms with E-state index < -0.39 is 0 Å². The summed E-state index contributed by atoms with van der Waals surface area (Å²) < 4.78 is 0. The van der Waals surface area contributed by atoms with E-state index in [9.17, 15) is 0 Å². The Labute approximate surface area is 126 Å². The second kappa shape index (κ2) is 7.51. The fraction of sp³-hybridized carbons (Fsp3) is 0.333. The summed E-state index contributed by atoms with van der Waals surface area (Å²) in [7, 11) is 0. The Morgan fingerprint density at radius 1 is 1.05 bits per heavy atom. The molecule has 0 fully saturated rings. The number of hydrogen-bond donors (Lipinski definition) is 1. The summed E-state index contributed by atoms with van der Waals surface area (Å²) in [5.74, 6) is 0. The lowest BCUT2D eigenvalue weighted by Gasteiger charge is -2.20. The molecule has 0 bridgehead atoms. The van der Waals surface area contributed by atoms with Crippen molar-refractivity contribution < 1.29 is 0 Å². The molecule has 1 atom stereocenters. The zero-order valence-electron chi connectivity index (χ0n) is 12.5. The van der Waals surface area contributed by atoms with Gasteiger partial charge in [0.25, 0.3) is 0 Å². The van der Waals surface area contributed by atoms with Crippen molar-refractivity contribution in [3.05, 3.63) is 65.2 Å². The van der Waals surface area contributed by atoms with Crippen LogP contribution in [0.3, 0.4) is 0 Å². The third kappa shape index (κ3) is 3.87. The fourth-order valence-corrected chi connectivity index (χ4v) is 2.86. The van der Waals surface area contributed by atoms with Crippen LogP contribution < -0.4 is 5.32 Å². The lowest BCUT2D eigenvalue weighted by atomic mass is 9.96. The van der Waals surface area contributed by atoms with E-state index in [0.717, 1.165) is 13.0 Å². The van der Waals surface area contributed by atoms with Gasteiger partial charge in [-0.15, -0.1) is 11.8 Å². The maximum absolute atomic E-state index is 3.61. The average Bonchev–Trinajstić information content (AvgIpc) is 2.49. The first-order chi connectivity index (χ1) is 9.74. The van der Waals surface area contributed by atoms with Crippen molar-refractivity contribution in [3.63, 3.8) is 0 Å². The lowest BCUT2D eigenvalue weighted by molar-refractivity contribution is 0.548. The van der Waals surface area contributed by atoms with E-state index in [0.29, 0.717) is 6.04 Å². The van der Waals surface area contributed by atoms with E-state index in [4.69, 9.17) is 0 Å². The number of rotatable bonds is 6. The normalized spacial score (nSPS) is 12.3. The molecule has 20 heavy (non-hydrogen) atoms. The molecule has 0 radical (unpaired) electrons. The molecule has 0 aromatic heterocycles. The van der Waals surface area contributed by atoms with Crippen LogP contribution in [0.25, 0.3) is 0 Å². The van der Waals surface area contributed by atoms with Gasteiger partial charge >= 0.3 is 0 Å². The third-order valence-electron chi connectivity index (χ3n) is 3.65. The van der Waals surface area contributed by atoms with E-state index in [-0.39, 0.29) is 0 Å². The standard InChI is InChI=1S/C18H23NS/c1-4-19-18(13-16-8-6-5-7-14(16)2)15-9-11-17(20-3)12-10-15/h5-12,18-19H,4,13H2,1-3H3. The van der Waals surface area contributed by atoms with Crippen LogP contribution in [0.15, 0.2) is 53.4 Å². The van der Waals surface area contributed by atoms with Crippen molar-refractivity contribution in [2.24, 2.45) is 0 Å². The molecule has 1 unspecified atom stereocenters. The minimum atomic E-state index is 0.386. The summed E-state index contributed by atoms with van der Waals surface area (Å²) in [4.78, 5) is 1.32. The maximum atomic E-state index is 3.61. The summed E-state index contributed by atoms with van der Waals surface area (Å²) >= 11 is 1.79. The van der Waals surface area contributed by atoms with Crippen LogP contribution in [0.2, 0.25) is 0 Å². The first-order valence-corrected chi connectivity index (χ1v) is 8.39. The highest BCUT2D eigenvalue weighted by atomic mass is 32.2. The number of nitrogens with one attached hydrogen (secondary N) is 1. The highest BCUT2D eigenvalue weighted by Crippen LogP contribution is 2.23. The maximum Gasteiger partial charge on any atom is 0.0360 e. The second-order valence-corrected chi connectivity index (χ2v) is 5.89. The topological polar surface area (TPSA) is 12.0 Å². The average molecular weight is 285 g/mol. The summed E-state index contributed by atoms with van der Waals surface area (Å²) in [6.45, 7) is 5.34. The molecule has 0 heterocycles. The molecule has 0 aliphatic carbocycles. The Balaban J connectivity index is 2.19. The number of aryl methyl sites for hydroxylation is 1. The molecule has 2 aromatic rings. The van der Waals surface area contributed by atoms with Crippen LogP contribution >= 0.6 is 11.8 Å². The predicted octanol–water partition coefficient (Wildman–Crippen LogP) is 4.61. The van der Waals surface area contributed by atoms with Crippen molar-refractivity contribution >= 4 is 11.8 Å². The van der Waals surface area contributed by atoms with Crippen LogP contribution in [0.4, 0.5) is 0 Å². The molecule has 106 valence electrons. The zero-order valence-corrected chi connectivity index (χ0v) is 13.3. The molecule has 0 saturated carbocycles. The Kier molecular flexibility index (Phi) is 5.69. The molecule has 0 saturated heterocycles. The van der Waals surface area contributed by atoms with Gasteiger partial charge in [0.2, 0.25) is 0 Å². The van der Waals surface area contributed by atoms with E-state index in [2.05, 4.69) is 74.0 Å². The molecule has 1 nitrogen and oxygen atoms in total. The van der Waals surface area contributed by atoms with E-state index >= 15 is 0 Å². The molecule has 2 aromatic carbocycles. The first-order valence-electron chi connectivity index (χ1n) is 7.16. The lowest BCUT2D eigenvalue weighted by Crippen LogP contribution is -2.23. The SMILES string of the molecule is CCNC(Cc1ccccc1C)c1ccc(SC)cc1. The van der Waals surface area contributed by atoms with Gasteiger partial charge in [-0.2, -0.15) is 0 Å². The summed E-state index contributed by atoms with van der Waals surface area (Å²) in [5.41, 5.74) is 4.16. The molecular formula is C18H23NS. The van der Waals surface area contributed by atoms with E-state index in [1.54, 1.807) is 11.8 Å².